The van der Waals surface area contributed by atoms with Gasteiger partial charge in [0.05, 0.1) is 11.7 Å². The molecular formula is C15H30N2O. The third-order valence-electron chi connectivity index (χ3n) is 4.35. The Hall–Kier alpha value is -0.120. The molecule has 1 N–H and O–H groups in total. The molecule has 0 aromatic carbocycles. The van der Waals surface area contributed by atoms with Gasteiger partial charge in [-0.3, -0.25) is 4.90 Å². The van der Waals surface area contributed by atoms with E-state index >= 15 is 0 Å². The van der Waals surface area contributed by atoms with Crippen LogP contribution in [-0.4, -0.2) is 48.8 Å². The highest BCUT2D eigenvalue weighted by atomic mass is 16.5. The van der Waals surface area contributed by atoms with Crippen LogP contribution < -0.4 is 5.32 Å². The van der Waals surface area contributed by atoms with Crippen LogP contribution >= 0.6 is 0 Å². The summed E-state index contributed by atoms with van der Waals surface area (Å²) < 4.78 is 6.11. The maximum atomic E-state index is 6.11. The highest BCUT2D eigenvalue weighted by Gasteiger charge is 2.32. The first-order valence-corrected chi connectivity index (χ1v) is 7.72. The second-order valence-corrected chi connectivity index (χ2v) is 6.54. The van der Waals surface area contributed by atoms with Gasteiger partial charge >= 0.3 is 0 Å². The number of nitrogens with zero attached hydrogens (tertiary/aromatic N) is 1. The van der Waals surface area contributed by atoms with E-state index in [4.69, 9.17) is 4.74 Å². The van der Waals surface area contributed by atoms with Crippen LogP contribution in [0.3, 0.4) is 0 Å². The molecule has 2 heterocycles. The zero-order valence-electron chi connectivity index (χ0n) is 12.4. The zero-order valence-corrected chi connectivity index (χ0v) is 12.4. The summed E-state index contributed by atoms with van der Waals surface area (Å²) in [5, 5.41) is 3.64. The van der Waals surface area contributed by atoms with E-state index in [1.807, 2.05) is 0 Å². The Bertz CT molecular complexity index is 249. The van der Waals surface area contributed by atoms with Crippen molar-refractivity contribution in [1.29, 1.82) is 0 Å². The van der Waals surface area contributed by atoms with E-state index in [1.54, 1.807) is 0 Å². The molecule has 0 saturated carbocycles. The van der Waals surface area contributed by atoms with Crippen molar-refractivity contribution >= 4 is 0 Å². The summed E-state index contributed by atoms with van der Waals surface area (Å²) >= 11 is 0. The number of hydrogen-bond acceptors (Lipinski definition) is 3. The molecular weight excluding hydrogens is 224 g/mol. The van der Waals surface area contributed by atoms with Crippen molar-refractivity contribution in [2.75, 3.05) is 26.2 Å². The fraction of sp³-hybridized carbons (Fsp3) is 1.00. The van der Waals surface area contributed by atoms with Gasteiger partial charge in [0, 0.05) is 19.1 Å². The second-order valence-electron chi connectivity index (χ2n) is 6.54. The smallest absolute Gasteiger partial charge is 0.0710 e. The third kappa shape index (κ3) is 4.22. The van der Waals surface area contributed by atoms with Crippen LogP contribution in [-0.2, 0) is 4.74 Å². The molecule has 0 amide bonds. The maximum Gasteiger partial charge on any atom is 0.0710 e. The van der Waals surface area contributed by atoms with Crippen LogP contribution in [0.25, 0.3) is 0 Å². The first kappa shape index (κ1) is 14.3. The molecule has 3 nitrogen and oxygen atoms in total. The number of piperidine rings is 1. The molecule has 18 heavy (non-hydrogen) atoms. The molecule has 2 rings (SSSR count). The predicted octanol–water partition coefficient (Wildman–Crippen LogP) is 2.41. The monoisotopic (exact) mass is 254 g/mol. The molecule has 2 saturated heterocycles. The molecule has 0 aromatic heterocycles. The molecule has 106 valence electrons. The van der Waals surface area contributed by atoms with Gasteiger partial charge in [-0.1, -0.05) is 13.3 Å². The lowest BCUT2D eigenvalue weighted by atomic mass is 10.0. The van der Waals surface area contributed by atoms with Crippen LogP contribution in [0, 0.1) is 0 Å². The van der Waals surface area contributed by atoms with Crippen LogP contribution in [0.2, 0.25) is 0 Å². The van der Waals surface area contributed by atoms with Crippen molar-refractivity contribution in [3.63, 3.8) is 0 Å². The first-order valence-electron chi connectivity index (χ1n) is 7.72. The number of rotatable bonds is 5. The van der Waals surface area contributed by atoms with Crippen LogP contribution in [0.5, 0.6) is 0 Å². The van der Waals surface area contributed by atoms with E-state index in [2.05, 4.69) is 31.0 Å². The summed E-state index contributed by atoms with van der Waals surface area (Å²) in [6, 6.07) is 0.702. The summed E-state index contributed by atoms with van der Waals surface area (Å²) in [6.45, 7) is 11.3. The minimum absolute atomic E-state index is 0.104. The fourth-order valence-electron chi connectivity index (χ4n) is 3.22. The lowest BCUT2D eigenvalue weighted by Crippen LogP contribution is -2.45. The van der Waals surface area contributed by atoms with Gasteiger partial charge in [-0.25, -0.2) is 0 Å². The Morgan fingerprint density at radius 1 is 1.22 bits per heavy atom. The minimum Gasteiger partial charge on any atom is -0.371 e. The van der Waals surface area contributed by atoms with Crippen molar-refractivity contribution in [3.05, 3.63) is 0 Å². The Morgan fingerprint density at radius 3 is 2.61 bits per heavy atom. The third-order valence-corrected chi connectivity index (χ3v) is 4.35. The number of likely N-dealkylation sites (N-methyl/N-ethyl adjacent to an activating group) is 1. The van der Waals surface area contributed by atoms with E-state index < -0.39 is 0 Å². The molecule has 2 aliphatic heterocycles. The Balaban J connectivity index is 1.75. The quantitative estimate of drug-likeness (QED) is 0.815. The van der Waals surface area contributed by atoms with Crippen molar-refractivity contribution in [1.82, 2.24) is 10.2 Å². The summed E-state index contributed by atoms with van der Waals surface area (Å²) in [7, 11) is 0. The van der Waals surface area contributed by atoms with E-state index in [-0.39, 0.29) is 5.60 Å². The van der Waals surface area contributed by atoms with Gasteiger partial charge in [0.1, 0.15) is 0 Å². The van der Waals surface area contributed by atoms with Gasteiger partial charge in [-0.2, -0.15) is 0 Å². The molecule has 0 bridgehead atoms. The molecule has 2 aliphatic rings. The largest absolute Gasteiger partial charge is 0.371 e. The van der Waals surface area contributed by atoms with E-state index in [0.717, 1.165) is 13.1 Å². The molecule has 0 aromatic rings. The van der Waals surface area contributed by atoms with Crippen molar-refractivity contribution in [2.45, 2.75) is 70.6 Å². The summed E-state index contributed by atoms with van der Waals surface area (Å²) in [5.41, 5.74) is 0.104. The zero-order chi connectivity index (χ0) is 13.0. The van der Waals surface area contributed by atoms with E-state index in [9.17, 15) is 0 Å². The molecule has 2 atom stereocenters. The number of nitrogens with one attached hydrogen (secondary N) is 1. The normalized spacial score (nSPS) is 32.0. The number of ether oxygens (including phenoxy) is 1. The van der Waals surface area contributed by atoms with Crippen molar-refractivity contribution in [3.8, 4) is 0 Å². The SMILES string of the molecule is CCN(CC1CCCCN1)CC1CCC(C)(C)O1. The number of hydrogen-bond donors (Lipinski definition) is 1. The topological polar surface area (TPSA) is 24.5 Å². The van der Waals surface area contributed by atoms with Crippen LogP contribution in [0.4, 0.5) is 0 Å². The summed E-state index contributed by atoms with van der Waals surface area (Å²) in [6.07, 6.45) is 6.96. The molecule has 2 fully saturated rings. The predicted molar refractivity (Wildman–Crippen MR) is 75.9 cm³/mol. The van der Waals surface area contributed by atoms with Gasteiger partial charge in [0.2, 0.25) is 0 Å². The lowest BCUT2D eigenvalue weighted by molar-refractivity contribution is -0.0291. The van der Waals surface area contributed by atoms with E-state index in [0.29, 0.717) is 12.1 Å². The molecule has 0 spiro atoms. The second kappa shape index (κ2) is 6.36. The highest BCUT2D eigenvalue weighted by molar-refractivity contribution is 4.84. The van der Waals surface area contributed by atoms with Crippen LogP contribution in [0.15, 0.2) is 0 Å². The molecule has 3 heteroatoms. The minimum atomic E-state index is 0.104. The standard InChI is InChI=1S/C15H30N2O/c1-4-17(11-13-7-5-6-10-16-13)12-14-8-9-15(2,3)18-14/h13-14,16H,4-12H2,1-3H3. The van der Waals surface area contributed by atoms with Gasteiger partial charge in [0.25, 0.3) is 0 Å². The molecule has 0 aliphatic carbocycles. The highest BCUT2D eigenvalue weighted by Crippen LogP contribution is 2.29. The lowest BCUT2D eigenvalue weighted by Gasteiger charge is -2.31. The fourth-order valence-corrected chi connectivity index (χ4v) is 3.22. The molecule has 2 unspecified atom stereocenters. The maximum absolute atomic E-state index is 6.11. The molecule has 0 radical (unpaired) electrons. The van der Waals surface area contributed by atoms with Gasteiger partial charge in [-0.05, 0) is 52.6 Å². The average molecular weight is 254 g/mol. The van der Waals surface area contributed by atoms with Crippen molar-refractivity contribution in [2.24, 2.45) is 0 Å². The summed E-state index contributed by atoms with van der Waals surface area (Å²) in [4.78, 5) is 2.56. The Morgan fingerprint density at radius 2 is 2.06 bits per heavy atom. The van der Waals surface area contributed by atoms with Crippen LogP contribution in [0.1, 0.15) is 52.9 Å². The van der Waals surface area contributed by atoms with Gasteiger partial charge < -0.3 is 10.1 Å². The summed E-state index contributed by atoms with van der Waals surface area (Å²) in [5.74, 6) is 0. The van der Waals surface area contributed by atoms with Gasteiger partial charge in [-0.15, -0.1) is 0 Å². The van der Waals surface area contributed by atoms with E-state index in [1.165, 1.54) is 45.2 Å². The Labute approximate surface area is 112 Å². The first-order chi connectivity index (χ1) is 8.59. The average Bonchev–Trinajstić information content (AvgIpc) is 2.69. The van der Waals surface area contributed by atoms with Gasteiger partial charge in [0.15, 0.2) is 0 Å². The Kier molecular flexibility index (Phi) is 5.05. The van der Waals surface area contributed by atoms with Crippen molar-refractivity contribution < 1.29 is 4.74 Å².